The molecule has 0 heterocycles. The summed E-state index contributed by atoms with van der Waals surface area (Å²) in [6, 6.07) is 9.07. The summed E-state index contributed by atoms with van der Waals surface area (Å²) < 4.78 is 5.23. The smallest absolute Gasteiger partial charge is 0.407 e. The van der Waals surface area contributed by atoms with E-state index in [2.05, 4.69) is 5.32 Å². The zero-order valence-corrected chi connectivity index (χ0v) is 13.3. The van der Waals surface area contributed by atoms with Gasteiger partial charge in [0.25, 0.3) is 0 Å². The highest BCUT2D eigenvalue weighted by Crippen LogP contribution is 2.51. The van der Waals surface area contributed by atoms with Gasteiger partial charge in [-0.1, -0.05) is 30.3 Å². The van der Waals surface area contributed by atoms with E-state index in [1.165, 1.54) is 12.8 Å². The average molecular weight is 317 g/mol. The lowest BCUT2D eigenvalue weighted by Crippen LogP contribution is -2.47. The second kappa shape index (κ2) is 6.22. The summed E-state index contributed by atoms with van der Waals surface area (Å²) in [5.41, 5.74) is 0.00452. The van der Waals surface area contributed by atoms with E-state index in [-0.39, 0.29) is 12.6 Å². The molecule has 1 aromatic carbocycles. The summed E-state index contributed by atoms with van der Waals surface area (Å²) in [4.78, 5) is 23.7. The van der Waals surface area contributed by atoms with Gasteiger partial charge in [-0.15, -0.1) is 0 Å². The monoisotopic (exact) mass is 317 g/mol. The molecule has 5 nitrogen and oxygen atoms in total. The summed E-state index contributed by atoms with van der Waals surface area (Å²) in [5, 5.41) is 12.4. The van der Waals surface area contributed by atoms with Crippen molar-refractivity contribution in [3.8, 4) is 0 Å². The highest BCUT2D eigenvalue weighted by molar-refractivity contribution is 5.77. The number of hydrogen-bond donors (Lipinski definition) is 2. The number of aliphatic carboxylic acids is 1. The minimum Gasteiger partial charge on any atom is -0.481 e. The fraction of sp³-hybridized carbons (Fsp3) is 0.556. The van der Waals surface area contributed by atoms with Gasteiger partial charge in [-0.2, -0.15) is 0 Å². The minimum atomic E-state index is -0.904. The SMILES string of the molecule is CC1(C(=O)O)CC(C2CC2)CC1NC(=O)OCc1ccccc1. The van der Waals surface area contributed by atoms with Gasteiger partial charge in [-0.05, 0) is 50.0 Å². The molecule has 5 heteroatoms. The normalized spacial score (nSPS) is 30.0. The molecular formula is C18H23NO4. The maximum atomic E-state index is 12.0. The molecule has 1 aromatic rings. The topological polar surface area (TPSA) is 75.6 Å². The molecule has 1 amide bonds. The number of alkyl carbamates (subject to hydrolysis) is 1. The van der Waals surface area contributed by atoms with Crippen LogP contribution in [-0.2, 0) is 16.1 Å². The number of benzene rings is 1. The number of rotatable bonds is 5. The van der Waals surface area contributed by atoms with E-state index in [9.17, 15) is 14.7 Å². The first-order chi connectivity index (χ1) is 11.0. The van der Waals surface area contributed by atoms with E-state index < -0.39 is 17.5 Å². The third-order valence-corrected chi connectivity index (χ3v) is 5.28. The molecule has 3 atom stereocenters. The van der Waals surface area contributed by atoms with E-state index >= 15 is 0 Å². The van der Waals surface area contributed by atoms with Crippen molar-refractivity contribution in [1.82, 2.24) is 5.32 Å². The number of carboxylic acid groups (broad SMARTS) is 1. The van der Waals surface area contributed by atoms with Gasteiger partial charge in [-0.25, -0.2) is 4.79 Å². The predicted octanol–water partition coefficient (Wildman–Crippen LogP) is 3.19. The zero-order valence-electron chi connectivity index (χ0n) is 13.3. The Morgan fingerprint density at radius 2 is 1.96 bits per heavy atom. The van der Waals surface area contributed by atoms with Crippen molar-refractivity contribution in [2.24, 2.45) is 17.3 Å². The maximum Gasteiger partial charge on any atom is 0.407 e. The molecule has 2 aliphatic rings. The Kier molecular flexibility index (Phi) is 4.28. The van der Waals surface area contributed by atoms with Crippen molar-refractivity contribution in [2.45, 2.75) is 45.3 Å². The molecule has 2 saturated carbocycles. The van der Waals surface area contributed by atoms with Gasteiger partial charge in [0, 0.05) is 6.04 Å². The van der Waals surface area contributed by atoms with Crippen molar-refractivity contribution in [3.63, 3.8) is 0 Å². The van der Waals surface area contributed by atoms with Gasteiger partial charge in [0.1, 0.15) is 6.61 Å². The van der Waals surface area contributed by atoms with Crippen molar-refractivity contribution in [1.29, 1.82) is 0 Å². The molecule has 2 aliphatic carbocycles. The third kappa shape index (κ3) is 3.49. The molecule has 2 N–H and O–H groups in total. The summed E-state index contributed by atoms with van der Waals surface area (Å²) in [7, 11) is 0. The number of carbonyl (C=O) groups excluding carboxylic acids is 1. The lowest BCUT2D eigenvalue weighted by Gasteiger charge is -2.27. The van der Waals surface area contributed by atoms with Crippen LogP contribution >= 0.6 is 0 Å². The maximum absolute atomic E-state index is 12.0. The van der Waals surface area contributed by atoms with Crippen molar-refractivity contribution in [3.05, 3.63) is 35.9 Å². The first kappa shape index (κ1) is 15.8. The van der Waals surface area contributed by atoms with E-state index in [4.69, 9.17) is 4.74 Å². The number of carbonyl (C=O) groups is 2. The quantitative estimate of drug-likeness (QED) is 0.874. The lowest BCUT2D eigenvalue weighted by molar-refractivity contribution is -0.148. The highest BCUT2D eigenvalue weighted by atomic mass is 16.5. The number of nitrogens with one attached hydrogen (secondary N) is 1. The van der Waals surface area contributed by atoms with Crippen LogP contribution in [0, 0.1) is 17.3 Å². The van der Waals surface area contributed by atoms with Gasteiger partial charge >= 0.3 is 12.1 Å². The molecular weight excluding hydrogens is 294 g/mol. The molecule has 0 radical (unpaired) electrons. The van der Waals surface area contributed by atoms with Gasteiger partial charge in [0.15, 0.2) is 0 Å². The summed E-state index contributed by atoms with van der Waals surface area (Å²) >= 11 is 0. The molecule has 0 spiro atoms. The number of carboxylic acids is 1. The van der Waals surface area contributed by atoms with Crippen LogP contribution in [0.1, 0.15) is 38.2 Å². The van der Waals surface area contributed by atoms with Crippen LogP contribution in [0.25, 0.3) is 0 Å². The summed E-state index contributed by atoms with van der Waals surface area (Å²) in [6.07, 6.45) is 3.20. The first-order valence-corrected chi connectivity index (χ1v) is 8.19. The van der Waals surface area contributed by atoms with Crippen molar-refractivity contribution >= 4 is 12.1 Å². The second-order valence-corrected chi connectivity index (χ2v) is 7.02. The Morgan fingerprint density at radius 3 is 2.57 bits per heavy atom. The van der Waals surface area contributed by atoms with Crippen LogP contribution in [0.5, 0.6) is 0 Å². The Balaban J connectivity index is 1.58. The third-order valence-electron chi connectivity index (χ3n) is 5.28. The van der Waals surface area contributed by atoms with Crippen LogP contribution in [0.4, 0.5) is 4.79 Å². The van der Waals surface area contributed by atoms with E-state index in [0.717, 1.165) is 12.0 Å². The van der Waals surface area contributed by atoms with E-state index in [0.29, 0.717) is 18.3 Å². The predicted molar refractivity (Wildman–Crippen MR) is 84.7 cm³/mol. The summed E-state index contributed by atoms with van der Waals surface area (Å²) in [6.45, 7) is 1.93. The molecule has 2 fully saturated rings. The number of hydrogen-bond acceptors (Lipinski definition) is 3. The van der Waals surface area contributed by atoms with Gasteiger partial charge in [0.05, 0.1) is 5.41 Å². The molecule has 0 bridgehead atoms. The zero-order chi connectivity index (χ0) is 16.4. The first-order valence-electron chi connectivity index (χ1n) is 8.19. The second-order valence-electron chi connectivity index (χ2n) is 7.02. The summed E-state index contributed by atoms with van der Waals surface area (Å²) in [5.74, 6) is 0.199. The standard InChI is InChI=1S/C18H23NO4/c1-18(16(20)21)10-14(13-7-8-13)9-15(18)19-17(22)23-11-12-5-3-2-4-6-12/h2-6,13-15H,7-11H2,1H3,(H,19,22)(H,20,21). The molecule has 0 aromatic heterocycles. The van der Waals surface area contributed by atoms with Crippen LogP contribution in [0.3, 0.4) is 0 Å². The van der Waals surface area contributed by atoms with E-state index in [1.54, 1.807) is 6.92 Å². The lowest BCUT2D eigenvalue weighted by atomic mass is 9.84. The molecule has 0 saturated heterocycles. The van der Waals surface area contributed by atoms with Crippen LogP contribution in [0.15, 0.2) is 30.3 Å². The average Bonchev–Trinajstić information content (AvgIpc) is 3.32. The number of amides is 1. The van der Waals surface area contributed by atoms with Crippen LogP contribution in [0.2, 0.25) is 0 Å². The Hall–Kier alpha value is -2.04. The van der Waals surface area contributed by atoms with Gasteiger partial charge in [-0.3, -0.25) is 4.79 Å². The van der Waals surface area contributed by atoms with Crippen LogP contribution in [-0.4, -0.2) is 23.2 Å². The Morgan fingerprint density at radius 1 is 1.26 bits per heavy atom. The molecule has 124 valence electrons. The fourth-order valence-electron chi connectivity index (χ4n) is 3.62. The highest BCUT2D eigenvalue weighted by Gasteiger charge is 2.53. The number of ether oxygens (including phenoxy) is 1. The molecule has 0 aliphatic heterocycles. The largest absolute Gasteiger partial charge is 0.481 e. The molecule has 23 heavy (non-hydrogen) atoms. The van der Waals surface area contributed by atoms with Gasteiger partial charge in [0.2, 0.25) is 0 Å². The molecule has 3 unspecified atom stereocenters. The van der Waals surface area contributed by atoms with Gasteiger partial charge < -0.3 is 15.2 Å². The minimum absolute atomic E-state index is 0.190. The Bertz CT molecular complexity index is 584. The Labute approximate surface area is 136 Å². The van der Waals surface area contributed by atoms with E-state index in [1.807, 2.05) is 30.3 Å². The molecule has 3 rings (SSSR count). The fourth-order valence-corrected chi connectivity index (χ4v) is 3.62. The van der Waals surface area contributed by atoms with Crippen molar-refractivity contribution < 1.29 is 19.4 Å². The van der Waals surface area contributed by atoms with Crippen LogP contribution < -0.4 is 5.32 Å². The van der Waals surface area contributed by atoms with Crippen molar-refractivity contribution in [2.75, 3.05) is 0 Å².